The van der Waals surface area contributed by atoms with E-state index in [0.717, 1.165) is 39.9 Å². The summed E-state index contributed by atoms with van der Waals surface area (Å²) >= 11 is 1.58. The van der Waals surface area contributed by atoms with Gasteiger partial charge in [0.25, 0.3) is 0 Å². The summed E-state index contributed by atoms with van der Waals surface area (Å²) in [4.78, 5) is 23.2. The van der Waals surface area contributed by atoms with Crippen LogP contribution in [0.1, 0.15) is 11.3 Å². The lowest BCUT2D eigenvalue weighted by molar-refractivity contribution is -0.120. The lowest BCUT2D eigenvalue weighted by Gasteiger charge is -2.28. The van der Waals surface area contributed by atoms with Gasteiger partial charge in [-0.25, -0.2) is 4.98 Å². The van der Waals surface area contributed by atoms with Gasteiger partial charge in [0.2, 0.25) is 5.91 Å². The lowest BCUT2D eigenvalue weighted by atomic mass is 10.2. The lowest BCUT2D eigenvalue weighted by Crippen LogP contribution is -2.44. The molecule has 0 radical (unpaired) electrons. The average Bonchev–Trinajstić information content (AvgIpc) is 3.15. The van der Waals surface area contributed by atoms with Crippen molar-refractivity contribution in [1.29, 1.82) is 0 Å². The number of thiazole rings is 1. The molecule has 2 heterocycles. The summed E-state index contributed by atoms with van der Waals surface area (Å²) in [6, 6.07) is 20.3. The van der Waals surface area contributed by atoms with Crippen LogP contribution < -0.4 is 4.90 Å². The third-order valence-corrected chi connectivity index (χ3v) is 6.23. The number of carbonyl (C=O) groups excluding carboxylic acids is 1. The van der Waals surface area contributed by atoms with Gasteiger partial charge in [0.05, 0.1) is 36.9 Å². The molecular weight excluding hydrogens is 382 g/mol. The standard InChI is InChI=1S/C23H25N3O2S/c1-18-22(20-10-6-3-7-11-20)29-23(24-18)26(16-19-8-4-2-5-9-19)21(27)17-25-12-14-28-15-13-25/h2-11H,12-17H2,1H3. The van der Waals surface area contributed by atoms with Gasteiger partial charge in [0.15, 0.2) is 5.13 Å². The van der Waals surface area contributed by atoms with E-state index in [-0.39, 0.29) is 5.91 Å². The molecule has 1 aliphatic rings. The quantitative estimate of drug-likeness (QED) is 0.620. The maximum Gasteiger partial charge on any atom is 0.243 e. The minimum atomic E-state index is 0.0733. The van der Waals surface area contributed by atoms with Crippen molar-refractivity contribution in [2.24, 2.45) is 0 Å². The van der Waals surface area contributed by atoms with E-state index in [1.807, 2.05) is 60.4 Å². The van der Waals surface area contributed by atoms with Crippen molar-refractivity contribution in [3.63, 3.8) is 0 Å². The van der Waals surface area contributed by atoms with Crippen LogP contribution in [-0.4, -0.2) is 48.6 Å². The Bertz CT molecular complexity index is 937. The van der Waals surface area contributed by atoms with Crippen LogP contribution in [0.3, 0.4) is 0 Å². The summed E-state index contributed by atoms with van der Waals surface area (Å²) in [6.45, 7) is 5.85. The number of nitrogens with zero attached hydrogens (tertiary/aromatic N) is 3. The maximum absolute atomic E-state index is 13.3. The number of rotatable bonds is 6. The van der Waals surface area contributed by atoms with Crippen molar-refractivity contribution in [3.05, 3.63) is 71.9 Å². The number of anilines is 1. The predicted octanol–water partition coefficient (Wildman–Crippen LogP) is 3.98. The number of aromatic nitrogens is 1. The molecule has 1 amide bonds. The molecule has 0 bridgehead atoms. The Morgan fingerprint density at radius 3 is 2.41 bits per heavy atom. The number of ether oxygens (including phenoxy) is 1. The Kier molecular flexibility index (Phi) is 6.34. The van der Waals surface area contributed by atoms with Crippen LogP contribution in [-0.2, 0) is 16.1 Å². The summed E-state index contributed by atoms with van der Waals surface area (Å²) in [5.41, 5.74) is 3.18. The monoisotopic (exact) mass is 407 g/mol. The highest BCUT2D eigenvalue weighted by molar-refractivity contribution is 7.19. The topological polar surface area (TPSA) is 45.7 Å². The number of hydrogen-bond donors (Lipinski definition) is 0. The van der Waals surface area contributed by atoms with Crippen LogP contribution in [0.15, 0.2) is 60.7 Å². The van der Waals surface area contributed by atoms with Gasteiger partial charge in [-0.15, -0.1) is 0 Å². The SMILES string of the molecule is Cc1nc(N(Cc2ccccc2)C(=O)CN2CCOCC2)sc1-c1ccccc1. The molecule has 1 fully saturated rings. The second-order valence-corrected chi connectivity index (χ2v) is 8.11. The zero-order valence-corrected chi connectivity index (χ0v) is 17.4. The second kappa shape index (κ2) is 9.31. The van der Waals surface area contributed by atoms with Crippen LogP contribution >= 0.6 is 11.3 Å². The van der Waals surface area contributed by atoms with Gasteiger partial charge in [-0.2, -0.15) is 0 Å². The molecule has 0 atom stereocenters. The summed E-state index contributed by atoms with van der Waals surface area (Å²) in [6.07, 6.45) is 0. The fourth-order valence-electron chi connectivity index (χ4n) is 3.42. The van der Waals surface area contributed by atoms with Gasteiger partial charge in [0, 0.05) is 13.1 Å². The van der Waals surface area contributed by atoms with E-state index in [1.165, 1.54) is 0 Å². The summed E-state index contributed by atoms with van der Waals surface area (Å²) in [5, 5.41) is 0.753. The zero-order chi connectivity index (χ0) is 20.1. The van der Waals surface area contributed by atoms with Crippen molar-refractivity contribution >= 4 is 22.4 Å². The third kappa shape index (κ3) is 4.90. The molecule has 0 saturated carbocycles. The van der Waals surface area contributed by atoms with E-state index in [9.17, 15) is 4.79 Å². The van der Waals surface area contributed by atoms with E-state index in [4.69, 9.17) is 9.72 Å². The van der Waals surface area contributed by atoms with Crippen LogP contribution in [0.25, 0.3) is 10.4 Å². The molecule has 1 saturated heterocycles. The fraction of sp³-hybridized carbons (Fsp3) is 0.304. The summed E-state index contributed by atoms with van der Waals surface area (Å²) in [5.74, 6) is 0.0733. The first-order valence-electron chi connectivity index (χ1n) is 9.88. The highest BCUT2D eigenvalue weighted by atomic mass is 32.1. The number of carbonyl (C=O) groups is 1. The first-order valence-corrected chi connectivity index (χ1v) is 10.7. The maximum atomic E-state index is 13.3. The molecule has 0 unspecified atom stereocenters. The van der Waals surface area contributed by atoms with Crippen molar-refractivity contribution in [3.8, 4) is 10.4 Å². The van der Waals surface area contributed by atoms with Gasteiger partial charge in [-0.05, 0) is 18.1 Å². The van der Waals surface area contributed by atoms with E-state index >= 15 is 0 Å². The van der Waals surface area contributed by atoms with E-state index in [0.29, 0.717) is 26.3 Å². The Balaban J connectivity index is 1.62. The third-order valence-electron chi connectivity index (χ3n) is 5.00. The molecule has 3 aromatic rings. The normalized spacial score (nSPS) is 14.7. The summed E-state index contributed by atoms with van der Waals surface area (Å²) in [7, 11) is 0. The highest BCUT2D eigenvalue weighted by Crippen LogP contribution is 2.35. The van der Waals surface area contributed by atoms with Crippen LogP contribution in [0, 0.1) is 6.92 Å². The van der Waals surface area contributed by atoms with Gasteiger partial charge >= 0.3 is 0 Å². The van der Waals surface area contributed by atoms with Gasteiger partial charge < -0.3 is 4.74 Å². The molecule has 5 nitrogen and oxygen atoms in total. The number of benzene rings is 2. The molecule has 150 valence electrons. The average molecular weight is 408 g/mol. The molecule has 4 rings (SSSR count). The number of aryl methyl sites for hydroxylation is 1. The molecule has 0 N–H and O–H groups in total. The number of hydrogen-bond acceptors (Lipinski definition) is 5. The molecule has 2 aromatic carbocycles. The van der Waals surface area contributed by atoms with E-state index in [2.05, 4.69) is 17.0 Å². The van der Waals surface area contributed by atoms with E-state index < -0.39 is 0 Å². The molecule has 1 aromatic heterocycles. The molecule has 0 aliphatic carbocycles. The van der Waals surface area contributed by atoms with Crippen LogP contribution in [0.4, 0.5) is 5.13 Å². The minimum absolute atomic E-state index is 0.0733. The Morgan fingerprint density at radius 1 is 1.07 bits per heavy atom. The minimum Gasteiger partial charge on any atom is -0.379 e. The Labute approximate surface area is 175 Å². The predicted molar refractivity (Wildman–Crippen MR) is 117 cm³/mol. The Hall–Kier alpha value is -2.54. The first kappa shape index (κ1) is 19.8. The molecular formula is C23H25N3O2S. The van der Waals surface area contributed by atoms with Gasteiger partial charge in [0.1, 0.15) is 0 Å². The number of amides is 1. The van der Waals surface area contributed by atoms with Crippen molar-refractivity contribution < 1.29 is 9.53 Å². The smallest absolute Gasteiger partial charge is 0.243 e. The number of morpholine rings is 1. The fourth-order valence-corrected chi connectivity index (χ4v) is 4.51. The molecule has 0 spiro atoms. The highest BCUT2D eigenvalue weighted by Gasteiger charge is 2.24. The van der Waals surface area contributed by atoms with Crippen LogP contribution in [0.5, 0.6) is 0 Å². The molecule has 29 heavy (non-hydrogen) atoms. The van der Waals surface area contributed by atoms with Crippen LogP contribution in [0.2, 0.25) is 0 Å². The first-order chi connectivity index (χ1) is 14.2. The van der Waals surface area contributed by atoms with Gasteiger partial charge in [-0.3, -0.25) is 14.6 Å². The summed E-state index contributed by atoms with van der Waals surface area (Å²) < 4.78 is 5.41. The largest absolute Gasteiger partial charge is 0.379 e. The Morgan fingerprint density at radius 2 is 1.72 bits per heavy atom. The van der Waals surface area contributed by atoms with Crippen molar-refractivity contribution in [2.75, 3.05) is 37.7 Å². The second-order valence-electron chi connectivity index (χ2n) is 7.13. The molecule has 6 heteroatoms. The zero-order valence-electron chi connectivity index (χ0n) is 16.6. The molecule has 1 aliphatic heterocycles. The van der Waals surface area contributed by atoms with Crippen molar-refractivity contribution in [1.82, 2.24) is 9.88 Å². The van der Waals surface area contributed by atoms with Crippen molar-refractivity contribution in [2.45, 2.75) is 13.5 Å². The van der Waals surface area contributed by atoms with E-state index in [1.54, 1.807) is 11.3 Å². The van der Waals surface area contributed by atoms with Gasteiger partial charge in [-0.1, -0.05) is 72.0 Å².